The number of benzene rings is 1. The Bertz CT molecular complexity index is 829. The Morgan fingerprint density at radius 3 is 2.75 bits per heavy atom. The number of carbonyl (C=O) groups is 1. The van der Waals surface area contributed by atoms with Gasteiger partial charge in [0.2, 0.25) is 0 Å². The molecule has 1 aliphatic heterocycles. The van der Waals surface area contributed by atoms with E-state index in [-0.39, 0.29) is 11.6 Å². The topological polar surface area (TPSA) is 79.4 Å². The van der Waals surface area contributed by atoms with Gasteiger partial charge in [-0.3, -0.25) is 4.90 Å². The second-order valence-corrected chi connectivity index (χ2v) is 8.03. The number of hydrogen-bond acceptors (Lipinski definition) is 5. The number of anilines is 1. The Hall–Kier alpha value is -2.25. The van der Waals surface area contributed by atoms with E-state index in [0.29, 0.717) is 0 Å². The average Bonchev–Trinajstić information content (AvgIpc) is 2.70. The minimum atomic E-state index is -0.167. The minimum Gasteiger partial charge on any atom is -0.379 e. The van der Waals surface area contributed by atoms with Crippen LogP contribution in [0.5, 0.6) is 0 Å². The first-order valence-corrected chi connectivity index (χ1v) is 10.3. The summed E-state index contributed by atoms with van der Waals surface area (Å²) in [6.45, 7) is 6.22. The van der Waals surface area contributed by atoms with Crippen molar-refractivity contribution in [3.05, 3.63) is 30.0 Å². The highest BCUT2D eigenvalue weighted by atomic mass is 16.5. The first kappa shape index (κ1) is 19.1. The molecule has 1 aliphatic carbocycles. The quantitative estimate of drug-likeness (QED) is 0.848. The van der Waals surface area contributed by atoms with Crippen LogP contribution >= 0.6 is 0 Å². The largest absolute Gasteiger partial charge is 0.379 e. The number of hydrogen-bond donors (Lipinski definition) is 2. The SMILES string of the molecule is Cc1cc2c(NC(=O)NC3(CN4CCOCC4)CCCCC3)cccc2nn1. The van der Waals surface area contributed by atoms with Crippen LogP contribution in [-0.2, 0) is 4.74 Å². The zero-order chi connectivity index (χ0) is 19.4. The van der Waals surface area contributed by atoms with Crippen molar-refractivity contribution in [1.29, 1.82) is 0 Å². The van der Waals surface area contributed by atoms with Gasteiger partial charge in [0.1, 0.15) is 0 Å². The monoisotopic (exact) mass is 383 g/mol. The Kier molecular flexibility index (Phi) is 5.73. The summed E-state index contributed by atoms with van der Waals surface area (Å²) in [5.41, 5.74) is 2.22. The van der Waals surface area contributed by atoms with Gasteiger partial charge < -0.3 is 15.4 Å². The molecule has 7 heteroatoms. The summed E-state index contributed by atoms with van der Waals surface area (Å²) < 4.78 is 5.48. The van der Waals surface area contributed by atoms with E-state index in [4.69, 9.17) is 4.74 Å². The number of rotatable bonds is 4. The van der Waals surface area contributed by atoms with Crippen molar-refractivity contribution in [3.8, 4) is 0 Å². The molecule has 2 amide bonds. The molecule has 7 nitrogen and oxygen atoms in total. The molecule has 4 rings (SSSR count). The molecule has 0 spiro atoms. The molecule has 1 saturated carbocycles. The van der Waals surface area contributed by atoms with Crippen molar-refractivity contribution >= 4 is 22.6 Å². The molecule has 0 bridgehead atoms. The Balaban J connectivity index is 1.49. The predicted molar refractivity (Wildman–Crippen MR) is 110 cm³/mol. The summed E-state index contributed by atoms with van der Waals surface area (Å²) in [5, 5.41) is 15.6. The van der Waals surface area contributed by atoms with Crippen LogP contribution in [-0.4, -0.2) is 59.5 Å². The maximum Gasteiger partial charge on any atom is 0.319 e. The van der Waals surface area contributed by atoms with Crippen LogP contribution < -0.4 is 10.6 Å². The van der Waals surface area contributed by atoms with Crippen molar-refractivity contribution in [2.45, 2.75) is 44.6 Å². The Morgan fingerprint density at radius 2 is 1.96 bits per heavy atom. The molecule has 2 aliphatic rings. The average molecular weight is 383 g/mol. The van der Waals surface area contributed by atoms with Crippen molar-refractivity contribution in [3.63, 3.8) is 0 Å². The lowest BCUT2D eigenvalue weighted by atomic mass is 9.81. The molecule has 0 unspecified atom stereocenters. The second-order valence-electron chi connectivity index (χ2n) is 8.03. The summed E-state index contributed by atoms with van der Waals surface area (Å²) >= 11 is 0. The maximum absolute atomic E-state index is 13.0. The van der Waals surface area contributed by atoms with Gasteiger partial charge >= 0.3 is 6.03 Å². The highest BCUT2D eigenvalue weighted by Gasteiger charge is 2.35. The van der Waals surface area contributed by atoms with Crippen LogP contribution in [0.4, 0.5) is 10.5 Å². The molecule has 1 aromatic carbocycles. The van der Waals surface area contributed by atoms with E-state index >= 15 is 0 Å². The number of ether oxygens (including phenoxy) is 1. The third kappa shape index (κ3) is 4.42. The number of aryl methyl sites for hydroxylation is 1. The first-order valence-electron chi connectivity index (χ1n) is 10.3. The van der Waals surface area contributed by atoms with Crippen LogP contribution in [0, 0.1) is 6.92 Å². The van der Waals surface area contributed by atoms with E-state index in [1.165, 1.54) is 6.42 Å². The first-order chi connectivity index (χ1) is 13.6. The van der Waals surface area contributed by atoms with Gasteiger partial charge in [-0.05, 0) is 38.0 Å². The number of amides is 2. The summed E-state index contributed by atoms with van der Waals surface area (Å²) in [5.74, 6) is 0. The summed E-state index contributed by atoms with van der Waals surface area (Å²) in [4.78, 5) is 15.4. The standard InChI is InChI=1S/C21H29N5O2/c1-16-14-17-18(6-5-7-19(17)25-24-16)22-20(27)23-21(8-3-2-4-9-21)15-26-10-12-28-13-11-26/h5-7,14H,2-4,8-13,15H2,1H3,(H2,22,23,27). The smallest absolute Gasteiger partial charge is 0.319 e. The Morgan fingerprint density at radius 1 is 1.18 bits per heavy atom. The van der Waals surface area contributed by atoms with Crippen LogP contribution in [0.2, 0.25) is 0 Å². The minimum absolute atomic E-state index is 0.142. The number of carbonyl (C=O) groups excluding carboxylic acids is 1. The zero-order valence-electron chi connectivity index (χ0n) is 16.5. The fraction of sp³-hybridized carbons (Fsp3) is 0.571. The number of morpholine rings is 1. The number of nitrogens with one attached hydrogen (secondary N) is 2. The van der Waals surface area contributed by atoms with Gasteiger partial charge in [-0.1, -0.05) is 25.3 Å². The number of fused-ring (bicyclic) bond motifs is 1. The Labute approximate surface area is 165 Å². The van der Waals surface area contributed by atoms with Crippen molar-refractivity contribution in [2.24, 2.45) is 0 Å². The molecule has 150 valence electrons. The zero-order valence-corrected chi connectivity index (χ0v) is 16.5. The molecule has 2 N–H and O–H groups in total. The molecule has 1 aromatic heterocycles. The molecule has 2 fully saturated rings. The molecule has 28 heavy (non-hydrogen) atoms. The molecule has 2 heterocycles. The van der Waals surface area contributed by atoms with Gasteiger partial charge in [-0.2, -0.15) is 10.2 Å². The molecule has 0 atom stereocenters. The van der Waals surface area contributed by atoms with E-state index in [2.05, 4.69) is 25.7 Å². The molecular formula is C21H29N5O2. The summed E-state index contributed by atoms with van der Waals surface area (Å²) in [6.07, 6.45) is 5.62. The lowest BCUT2D eigenvalue weighted by Gasteiger charge is -2.42. The highest BCUT2D eigenvalue weighted by Crippen LogP contribution is 2.30. The van der Waals surface area contributed by atoms with Crippen LogP contribution in [0.3, 0.4) is 0 Å². The molecule has 2 aromatic rings. The van der Waals surface area contributed by atoms with E-state index in [1.54, 1.807) is 0 Å². The maximum atomic E-state index is 13.0. The lowest BCUT2D eigenvalue weighted by molar-refractivity contribution is 0.0201. The van der Waals surface area contributed by atoms with Gasteiger partial charge in [-0.25, -0.2) is 4.79 Å². The molecule has 0 radical (unpaired) electrons. The normalized spacial score (nSPS) is 20.0. The third-order valence-electron chi connectivity index (χ3n) is 5.82. The third-order valence-corrected chi connectivity index (χ3v) is 5.82. The highest BCUT2D eigenvalue weighted by molar-refractivity contribution is 6.00. The lowest BCUT2D eigenvalue weighted by Crippen LogP contribution is -2.58. The molecule has 1 saturated heterocycles. The summed E-state index contributed by atoms with van der Waals surface area (Å²) in [6, 6.07) is 7.54. The van der Waals surface area contributed by atoms with Gasteiger partial charge in [0.25, 0.3) is 0 Å². The van der Waals surface area contributed by atoms with Crippen LogP contribution in [0.15, 0.2) is 24.3 Å². The van der Waals surface area contributed by atoms with Gasteiger partial charge in [0, 0.05) is 25.0 Å². The van der Waals surface area contributed by atoms with E-state index in [1.807, 2.05) is 31.2 Å². The second kappa shape index (κ2) is 8.41. The fourth-order valence-electron chi connectivity index (χ4n) is 4.40. The van der Waals surface area contributed by atoms with Gasteiger partial charge in [-0.15, -0.1) is 0 Å². The van der Waals surface area contributed by atoms with Crippen LogP contribution in [0.25, 0.3) is 10.9 Å². The van der Waals surface area contributed by atoms with Crippen molar-refractivity contribution < 1.29 is 9.53 Å². The number of urea groups is 1. The van der Waals surface area contributed by atoms with Crippen molar-refractivity contribution in [2.75, 3.05) is 38.2 Å². The van der Waals surface area contributed by atoms with Crippen molar-refractivity contribution in [1.82, 2.24) is 20.4 Å². The molecular weight excluding hydrogens is 354 g/mol. The van der Waals surface area contributed by atoms with Crippen LogP contribution in [0.1, 0.15) is 37.8 Å². The fourth-order valence-corrected chi connectivity index (χ4v) is 4.40. The van der Waals surface area contributed by atoms with E-state index in [9.17, 15) is 4.79 Å². The number of nitrogens with zero attached hydrogens (tertiary/aromatic N) is 3. The van der Waals surface area contributed by atoms with E-state index < -0.39 is 0 Å². The van der Waals surface area contributed by atoms with Gasteiger partial charge in [0.05, 0.1) is 35.7 Å². The number of aromatic nitrogens is 2. The van der Waals surface area contributed by atoms with E-state index in [0.717, 1.165) is 80.8 Å². The predicted octanol–water partition coefficient (Wildman–Crippen LogP) is 3.09. The van der Waals surface area contributed by atoms with Gasteiger partial charge in [0.15, 0.2) is 0 Å². The summed E-state index contributed by atoms with van der Waals surface area (Å²) in [7, 11) is 0.